The molecular weight excluding hydrogens is 214 g/mol. The quantitative estimate of drug-likeness (QED) is 0.670. The van der Waals surface area contributed by atoms with Crippen molar-refractivity contribution < 1.29 is 4.79 Å². The van der Waals surface area contributed by atoms with E-state index in [0.717, 1.165) is 5.56 Å². The Hall–Kier alpha value is -1.39. The fourth-order valence-electron chi connectivity index (χ4n) is 1.55. The lowest BCUT2D eigenvalue weighted by atomic mass is 10.1. The van der Waals surface area contributed by atoms with Crippen molar-refractivity contribution in [2.24, 2.45) is 0 Å². The highest BCUT2D eigenvalue weighted by atomic mass is 16.2. The molecule has 0 aliphatic rings. The molecular formula is C13H21N3O. The molecule has 0 bridgehead atoms. The Labute approximate surface area is 103 Å². The monoisotopic (exact) mass is 235 g/mol. The zero-order chi connectivity index (χ0) is 12.7. The predicted molar refractivity (Wildman–Crippen MR) is 69.8 cm³/mol. The molecule has 4 heteroatoms. The van der Waals surface area contributed by atoms with Crippen LogP contribution in [0.15, 0.2) is 24.3 Å². The van der Waals surface area contributed by atoms with Gasteiger partial charge in [-0.25, -0.2) is 0 Å². The lowest BCUT2D eigenvalue weighted by molar-refractivity contribution is -0.123. The molecule has 1 amide bonds. The van der Waals surface area contributed by atoms with Gasteiger partial charge in [0.05, 0.1) is 6.04 Å². The third-order valence-electron chi connectivity index (χ3n) is 2.66. The molecule has 0 aromatic heterocycles. The minimum absolute atomic E-state index is 0.0161. The molecule has 0 saturated carbocycles. The molecule has 1 rings (SSSR count). The first kappa shape index (κ1) is 13.7. The maximum Gasteiger partial charge on any atom is 0.238 e. The van der Waals surface area contributed by atoms with Crippen LogP contribution in [-0.2, 0) is 11.3 Å². The molecule has 4 nitrogen and oxygen atoms in total. The van der Waals surface area contributed by atoms with Gasteiger partial charge in [-0.2, -0.15) is 0 Å². The van der Waals surface area contributed by atoms with Crippen LogP contribution in [0.3, 0.4) is 0 Å². The Morgan fingerprint density at radius 1 is 1.24 bits per heavy atom. The lowest BCUT2D eigenvalue weighted by Gasteiger charge is -2.15. The van der Waals surface area contributed by atoms with E-state index < -0.39 is 0 Å². The molecule has 1 atom stereocenters. The van der Waals surface area contributed by atoms with Gasteiger partial charge in [0.2, 0.25) is 5.91 Å². The number of nitrogens with one attached hydrogen (secondary N) is 3. The minimum atomic E-state index is -0.189. The molecule has 0 radical (unpaired) electrons. The number of amides is 1. The SMILES string of the molecule is CNCC(NC)C(=O)NCc1ccc(C)cc1. The van der Waals surface area contributed by atoms with Crippen LogP contribution in [0.25, 0.3) is 0 Å². The average Bonchev–Trinajstić information content (AvgIpc) is 2.35. The van der Waals surface area contributed by atoms with E-state index in [1.54, 1.807) is 7.05 Å². The van der Waals surface area contributed by atoms with Gasteiger partial charge in [-0.15, -0.1) is 0 Å². The zero-order valence-corrected chi connectivity index (χ0v) is 10.7. The number of carbonyl (C=O) groups is 1. The first-order chi connectivity index (χ1) is 8.17. The molecule has 0 fully saturated rings. The van der Waals surface area contributed by atoms with Crippen molar-refractivity contribution in [3.05, 3.63) is 35.4 Å². The normalized spacial score (nSPS) is 12.2. The summed E-state index contributed by atoms with van der Waals surface area (Å²) in [5, 5.41) is 8.87. The smallest absolute Gasteiger partial charge is 0.238 e. The lowest BCUT2D eigenvalue weighted by Crippen LogP contribution is -2.47. The van der Waals surface area contributed by atoms with Crippen molar-refractivity contribution in [1.82, 2.24) is 16.0 Å². The molecule has 94 valence electrons. The van der Waals surface area contributed by atoms with Gasteiger partial charge in [0.1, 0.15) is 0 Å². The molecule has 1 unspecified atom stereocenters. The van der Waals surface area contributed by atoms with Crippen molar-refractivity contribution in [3.63, 3.8) is 0 Å². The van der Waals surface area contributed by atoms with Crippen molar-refractivity contribution in [3.8, 4) is 0 Å². The molecule has 0 heterocycles. The summed E-state index contributed by atoms with van der Waals surface area (Å²) < 4.78 is 0. The van der Waals surface area contributed by atoms with Crippen LogP contribution in [0, 0.1) is 6.92 Å². The Balaban J connectivity index is 2.44. The van der Waals surface area contributed by atoms with Crippen molar-refractivity contribution >= 4 is 5.91 Å². The van der Waals surface area contributed by atoms with Gasteiger partial charge >= 0.3 is 0 Å². The van der Waals surface area contributed by atoms with E-state index >= 15 is 0 Å². The minimum Gasteiger partial charge on any atom is -0.351 e. The molecule has 0 spiro atoms. The first-order valence-corrected chi connectivity index (χ1v) is 5.82. The highest BCUT2D eigenvalue weighted by molar-refractivity contribution is 5.81. The Bertz CT molecular complexity index is 348. The van der Waals surface area contributed by atoms with Crippen molar-refractivity contribution in [2.75, 3.05) is 20.6 Å². The summed E-state index contributed by atoms with van der Waals surface area (Å²) in [6.45, 7) is 3.24. The summed E-state index contributed by atoms with van der Waals surface area (Å²) in [6.07, 6.45) is 0. The summed E-state index contributed by atoms with van der Waals surface area (Å²) in [7, 11) is 3.62. The molecule has 0 aliphatic heterocycles. The average molecular weight is 235 g/mol. The van der Waals surface area contributed by atoms with Gasteiger partial charge in [-0.1, -0.05) is 29.8 Å². The summed E-state index contributed by atoms with van der Waals surface area (Å²) in [6, 6.07) is 7.96. The van der Waals surface area contributed by atoms with Crippen molar-refractivity contribution in [2.45, 2.75) is 19.5 Å². The van der Waals surface area contributed by atoms with Crippen LogP contribution in [-0.4, -0.2) is 32.6 Å². The third kappa shape index (κ3) is 4.54. The third-order valence-corrected chi connectivity index (χ3v) is 2.66. The number of aryl methyl sites for hydroxylation is 1. The molecule has 1 aromatic carbocycles. The number of hydrogen-bond donors (Lipinski definition) is 3. The molecule has 1 aromatic rings. The number of rotatable bonds is 6. The van der Waals surface area contributed by atoms with E-state index in [9.17, 15) is 4.79 Å². The van der Waals surface area contributed by atoms with E-state index in [-0.39, 0.29) is 11.9 Å². The van der Waals surface area contributed by atoms with E-state index in [1.165, 1.54) is 5.56 Å². The highest BCUT2D eigenvalue weighted by Crippen LogP contribution is 2.02. The van der Waals surface area contributed by atoms with Gasteiger partial charge in [0.25, 0.3) is 0 Å². The van der Waals surface area contributed by atoms with E-state index in [1.807, 2.05) is 38.2 Å². The van der Waals surface area contributed by atoms with Crippen LogP contribution in [0.4, 0.5) is 0 Å². The van der Waals surface area contributed by atoms with Crippen molar-refractivity contribution in [1.29, 1.82) is 0 Å². The van der Waals surface area contributed by atoms with Gasteiger partial charge in [-0.3, -0.25) is 4.79 Å². The maximum atomic E-state index is 11.8. The summed E-state index contributed by atoms with van der Waals surface area (Å²) in [5.41, 5.74) is 2.34. The van der Waals surface area contributed by atoms with Crippen LogP contribution >= 0.6 is 0 Å². The second-order valence-electron chi connectivity index (χ2n) is 4.10. The van der Waals surface area contributed by atoms with Crippen LogP contribution in [0.2, 0.25) is 0 Å². The maximum absolute atomic E-state index is 11.8. The summed E-state index contributed by atoms with van der Waals surface area (Å²) >= 11 is 0. The highest BCUT2D eigenvalue weighted by Gasteiger charge is 2.14. The first-order valence-electron chi connectivity index (χ1n) is 5.82. The van der Waals surface area contributed by atoms with E-state index in [4.69, 9.17) is 0 Å². The Morgan fingerprint density at radius 2 is 1.88 bits per heavy atom. The van der Waals surface area contributed by atoms with Crippen LogP contribution in [0.5, 0.6) is 0 Å². The van der Waals surface area contributed by atoms with E-state index in [2.05, 4.69) is 16.0 Å². The second kappa shape index (κ2) is 7.04. The number of carbonyl (C=O) groups excluding carboxylic acids is 1. The molecule has 3 N–H and O–H groups in total. The number of benzene rings is 1. The standard InChI is InChI=1S/C13H21N3O/c1-10-4-6-11(7-5-10)8-16-13(17)12(15-3)9-14-2/h4-7,12,14-15H,8-9H2,1-3H3,(H,16,17). The fourth-order valence-corrected chi connectivity index (χ4v) is 1.55. The fraction of sp³-hybridized carbons (Fsp3) is 0.462. The van der Waals surface area contributed by atoms with Crippen LogP contribution in [0.1, 0.15) is 11.1 Å². The zero-order valence-electron chi connectivity index (χ0n) is 10.7. The molecule has 17 heavy (non-hydrogen) atoms. The number of likely N-dealkylation sites (N-methyl/N-ethyl adjacent to an activating group) is 2. The summed E-state index contributed by atoms with van der Waals surface area (Å²) in [4.78, 5) is 11.8. The van der Waals surface area contributed by atoms with Gasteiger partial charge < -0.3 is 16.0 Å². The largest absolute Gasteiger partial charge is 0.351 e. The number of hydrogen-bond acceptors (Lipinski definition) is 3. The van der Waals surface area contributed by atoms with Gasteiger partial charge in [0.15, 0.2) is 0 Å². The van der Waals surface area contributed by atoms with Gasteiger partial charge in [0, 0.05) is 13.1 Å². The molecule has 0 saturated heterocycles. The predicted octanol–water partition coefficient (Wildman–Crippen LogP) is 0.419. The van der Waals surface area contributed by atoms with Crippen LogP contribution < -0.4 is 16.0 Å². The Kier molecular flexibility index (Phi) is 5.66. The molecule has 0 aliphatic carbocycles. The summed E-state index contributed by atoms with van der Waals surface area (Å²) in [5.74, 6) is 0.0161. The van der Waals surface area contributed by atoms with Gasteiger partial charge in [-0.05, 0) is 26.6 Å². The van der Waals surface area contributed by atoms with E-state index in [0.29, 0.717) is 13.1 Å². The second-order valence-corrected chi connectivity index (χ2v) is 4.10. The Morgan fingerprint density at radius 3 is 2.41 bits per heavy atom. The topological polar surface area (TPSA) is 53.2 Å².